The SMILES string of the molecule is C[C@@H](C=C[C@H](C)C(C)(C)O[Si](C)(C)C)C1CC[C@H]2C(=O)CCC[C@]12C. The predicted octanol–water partition coefficient (Wildman–Crippen LogP) is 6.23. The Labute approximate surface area is 156 Å². The summed E-state index contributed by atoms with van der Waals surface area (Å²) in [5.41, 5.74) is 0.107. The number of fused-ring (bicyclic) bond motifs is 1. The minimum absolute atomic E-state index is 0.121. The summed E-state index contributed by atoms with van der Waals surface area (Å²) in [5.74, 6) is 2.42. The van der Waals surface area contributed by atoms with Gasteiger partial charge in [-0.3, -0.25) is 4.79 Å². The van der Waals surface area contributed by atoms with Gasteiger partial charge in [0, 0.05) is 18.3 Å². The predicted molar refractivity (Wildman–Crippen MR) is 109 cm³/mol. The fraction of sp³-hybridized carbons (Fsp3) is 0.864. The molecule has 0 aromatic heterocycles. The summed E-state index contributed by atoms with van der Waals surface area (Å²) in [5, 5.41) is 0. The van der Waals surface area contributed by atoms with Crippen LogP contribution in [-0.4, -0.2) is 19.7 Å². The molecule has 144 valence electrons. The molecule has 5 atom stereocenters. The maximum atomic E-state index is 12.3. The van der Waals surface area contributed by atoms with Crippen molar-refractivity contribution in [3.8, 4) is 0 Å². The highest BCUT2D eigenvalue weighted by Gasteiger charge is 2.52. The molecular formula is C22H40O2Si. The first-order chi connectivity index (χ1) is 11.4. The lowest BCUT2D eigenvalue weighted by Gasteiger charge is -2.42. The Hall–Kier alpha value is -0.413. The number of allylic oxidation sites excluding steroid dienone is 1. The van der Waals surface area contributed by atoms with Crippen LogP contribution in [0.4, 0.5) is 0 Å². The van der Waals surface area contributed by atoms with Crippen LogP contribution < -0.4 is 0 Å². The molecule has 2 fully saturated rings. The van der Waals surface area contributed by atoms with Gasteiger partial charge in [-0.25, -0.2) is 0 Å². The minimum Gasteiger partial charge on any atom is -0.412 e. The number of hydrogen-bond donors (Lipinski definition) is 0. The zero-order valence-corrected chi connectivity index (χ0v) is 18.8. The molecule has 2 saturated carbocycles. The zero-order valence-electron chi connectivity index (χ0n) is 17.8. The van der Waals surface area contributed by atoms with E-state index in [9.17, 15) is 4.79 Å². The van der Waals surface area contributed by atoms with Crippen LogP contribution in [0.3, 0.4) is 0 Å². The molecule has 0 heterocycles. The molecule has 2 aliphatic rings. The molecule has 3 heteroatoms. The van der Waals surface area contributed by atoms with E-state index in [0.717, 1.165) is 19.3 Å². The largest absolute Gasteiger partial charge is 0.412 e. The standard InChI is InChI=1S/C22H40O2Si/c1-16(11-12-17(2)21(3,4)24-25(6,7)8)18-13-14-19-20(23)10-9-15-22(18,19)5/h11-12,16-19H,9-10,13-15H2,1-8H3/t16-,17-,18?,19-,22+/m0/s1. The lowest BCUT2D eigenvalue weighted by Crippen LogP contribution is -2.42. The van der Waals surface area contributed by atoms with Gasteiger partial charge in [-0.2, -0.15) is 0 Å². The van der Waals surface area contributed by atoms with Gasteiger partial charge in [0.2, 0.25) is 0 Å². The highest BCUT2D eigenvalue weighted by molar-refractivity contribution is 6.69. The van der Waals surface area contributed by atoms with Crippen molar-refractivity contribution in [2.45, 2.75) is 92.0 Å². The van der Waals surface area contributed by atoms with Gasteiger partial charge in [0.05, 0.1) is 5.60 Å². The lowest BCUT2D eigenvalue weighted by atomic mass is 9.62. The van der Waals surface area contributed by atoms with Crippen LogP contribution in [0.25, 0.3) is 0 Å². The number of carbonyl (C=O) groups is 1. The molecule has 2 rings (SSSR count). The van der Waals surface area contributed by atoms with E-state index in [1.807, 2.05) is 0 Å². The summed E-state index contributed by atoms with van der Waals surface area (Å²) in [6.07, 6.45) is 10.2. The molecule has 1 unspecified atom stereocenters. The Morgan fingerprint density at radius 2 is 1.84 bits per heavy atom. The molecule has 0 aromatic rings. The van der Waals surface area contributed by atoms with Crippen LogP contribution in [0, 0.1) is 29.1 Å². The van der Waals surface area contributed by atoms with Crippen molar-refractivity contribution >= 4 is 14.1 Å². The first kappa shape index (κ1) is 20.9. The topological polar surface area (TPSA) is 26.3 Å². The molecule has 0 saturated heterocycles. The second-order valence-electron chi connectivity index (χ2n) is 10.4. The van der Waals surface area contributed by atoms with Crippen molar-refractivity contribution < 1.29 is 9.22 Å². The average molecular weight is 365 g/mol. The molecule has 0 radical (unpaired) electrons. The lowest BCUT2D eigenvalue weighted by molar-refractivity contribution is -0.129. The van der Waals surface area contributed by atoms with Crippen molar-refractivity contribution in [2.24, 2.45) is 29.1 Å². The summed E-state index contributed by atoms with van der Waals surface area (Å²) in [4.78, 5) is 12.3. The second-order valence-corrected chi connectivity index (χ2v) is 14.8. The van der Waals surface area contributed by atoms with Crippen LogP contribution in [0.15, 0.2) is 12.2 Å². The summed E-state index contributed by atoms with van der Waals surface area (Å²) in [7, 11) is -1.55. The summed E-state index contributed by atoms with van der Waals surface area (Å²) in [6.45, 7) is 18.2. The van der Waals surface area contributed by atoms with E-state index in [0.29, 0.717) is 29.5 Å². The van der Waals surface area contributed by atoms with E-state index in [1.54, 1.807) is 0 Å². The fourth-order valence-electron chi connectivity index (χ4n) is 5.42. The normalized spacial score (nSPS) is 33.5. The smallest absolute Gasteiger partial charge is 0.184 e. The van der Waals surface area contributed by atoms with Crippen molar-refractivity contribution in [3.63, 3.8) is 0 Å². The molecule has 0 aliphatic heterocycles. The van der Waals surface area contributed by atoms with Crippen molar-refractivity contribution in [3.05, 3.63) is 12.2 Å². The second kappa shape index (κ2) is 7.30. The molecule has 0 aromatic carbocycles. The van der Waals surface area contributed by atoms with E-state index in [-0.39, 0.29) is 11.0 Å². The minimum atomic E-state index is -1.55. The third kappa shape index (κ3) is 4.66. The molecule has 0 bridgehead atoms. The third-order valence-electron chi connectivity index (χ3n) is 6.94. The van der Waals surface area contributed by atoms with Crippen molar-refractivity contribution in [1.29, 1.82) is 0 Å². The van der Waals surface area contributed by atoms with E-state index in [2.05, 4.69) is 66.4 Å². The molecule has 0 amide bonds. The first-order valence-electron chi connectivity index (χ1n) is 10.3. The van der Waals surface area contributed by atoms with E-state index in [1.165, 1.54) is 12.8 Å². The highest BCUT2D eigenvalue weighted by Crippen LogP contribution is 2.56. The number of carbonyl (C=O) groups excluding carboxylic acids is 1. The van der Waals surface area contributed by atoms with Gasteiger partial charge in [-0.15, -0.1) is 0 Å². The van der Waals surface area contributed by atoms with Gasteiger partial charge >= 0.3 is 0 Å². The third-order valence-corrected chi connectivity index (χ3v) is 8.08. The summed E-state index contributed by atoms with van der Waals surface area (Å²) < 4.78 is 6.41. The monoisotopic (exact) mass is 364 g/mol. The van der Waals surface area contributed by atoms with Gasteiger partial charge in [0.15, 0.2) is 8.32 Å². The molecular weight excluding hydrogens is 324 g/mol. The Morgan fingerprint density at radius 3 is 2.44 bits per heavy atom. The maximum Gasteiger partial charge on any atom is 0.184 e. The Kier molecular flexibility index (Phi) is 6.10. The average Bonchev–Trinajstić information content (AvgIpc) is 2.80. The summed E-state index contributed by atoms with van der Waals surface area (Å²) in [6, 6.07) is 0. The molecule has 2 aliphatic carbocycles. The molecule has 0 spiro atoms. The number of hydrogen-bond acceptors (Lipinski definition) is 2. The van der Waals surface area contributed by atoms with Crippen molar-refractivity contribution in [2.75, 3.05) is 0 Å². The highest BCUT2D eigenvalue weighted by atomic mass is 28.4. The van der Waals surface area contributed by atoms with Crippen LogP contribution in [0.2, 0.25) is 19.6 Å². The van der Waals surface area contributed by atoms with E-state index < -0.39 is 8.32 Å². The van der Waals surface area contributed by atoms with Gasteiger partial charge < -0.3 is 4.43 Å². The molecule has 0 N–H and O–H groups in total. The summed E-state index contributed by atoms with van der Waals surface area (Å²) >= 11 is 0. The Bertz CT molecular complexity index is 517. The van der Waals surface area contributed by atoms with Crippen LogP contribution in [0.5, 0.6) is 0 Å². The van der Waals surface area contributed by atoms with Gasteiger partial charge in [-0.05, 0) is 76.4 Å². The number of rotatable bonds is 6. The van der Waals surface area contributed by atoms with Gasteiger partial charge in [0.1, 0.15) is 5.78 Å². The fourth-order valence-corrected chi connectivity index (χ4v) is 7.19. The van der Waals surface area contributed by atoms with E-state index in [4.69, 9.17) is 4.43 Å². The van der Waals surface area contributed by atoms with Gasteiger partial charge in [-0.1, -0.05) is 32.9 Å². The number of Topliss-reactive ketones (excluding diaryl/α,β-unsaturated/α-hetero) is 1. The van der Waals surface area contributed by atoms with E-state index >= 15 is 0 Å². The van der Waals surface area contributed by atoms with Crippen LogP contribution in [-0.2, 0) is 9.22 Å². The van der Waals surface area contributed by atoms with Crippen LogP contribution >= 0.6 is 0 Å². The Morgan fingerprint density at radius 1 is 1.20 bits per heavy atom. The Balaban J connectivity index is 2.05. The molecule has 25 heavy (non-hydrogen) atoms. The van der Waals surface area contributed by atoms with Crippen molar-refractivity contribution in [1.82, 2.24) is 0 Å². The maximum absolute atomic E-state index is 12.3. The van der Waals surface area contributed by atoms with Crippen LogP contribution in [0.1, 0.15) is 66.7 Å². The quantitative estimate of drug-likeness (QED) is 0.412. The molecule has 2 nitrogen and oxygen atoms in total. The number of ketones is 1. The van der Waals surface area contributed by atoms with Gasteiger partial charge in [0.25, 0.3) is 0 Å². The zero-order chi connectivity index (χ0) is 19.0. The first-order valence-corrected chi connectivity index (χ1v) is 13.7.